The van der Waals surface area contributed by atoms with Gasteiger partial charge in [0.05, 0.1) is 14.9 Å². The molecule has 0 saturated carbocycles. The summed E-state index contributed by atoms with van der Waals surface area (Å²) in [4.78, 5) is 11.6. The summed E-state index contributed by atoms with van der Waals surface area (Å²) in [5, 5.41) is 3.48. The third-order valence-corrected chi connectivity index (χ3v) is 5.87. The number of allylic oxidation sites excluding steroid dienone is 1. The molecule has 0 aromatic heterocycles. The predicted octanol–water partition coefficient (Wildman–Crippen LogP) is 4.62. The average Bonchev–Trinajstić information content (AvgIpc) is 2.51. The zero-order chi connectivity index (χ0) is 17.9. The highest BCUT2D eigenvalue weighted by Gasteiger charge is 2.24. The molecule has 2 aromatic rings. The number of ketones is 1. The summed E-state index contributed by atoms with van der Waals surface area (Å²) in [6, 6.07) is 11.0. The fraction of sp³-hybridized carbons (Fsp3) is 0.118. The highest BCUT2D eigenvalue weighted by Crippen LogP contribution is 2.26. The van der Waals surface area contributed by atoms with E-state index in [0.717, 1.165) is 11.8 Å². The standard InChI is InChI=1S/C17H15Cl2NO3S/c1-11-3-6-14(7-4-11)24(22,23)17(12(2)21)10-20-13-5-8-15(18)16(19)9-13/h3-10,20H,1-2H3. The van der Waals surface area contributed by atoms with Crippen LogP contribution in [0.1, 0.15) is 12.5 Å². The van der Waals surface area contributed by atoms with Gasteiger partial charge in [-0.15, -0.1) is 0 Å². The molecule has 7 heteroatoms. The maximum Gasteiger partial charge on any atom is 0.211 e. The zero-order valence-corrected chi connectivity index (χ0v) is 15.3. The van der Waals surface area contributed by atoms with E-state index >= 15 is 0 Å². The molecule has 0 fully saturated rings. The Morgan fingerprint density at radius 1 is 1.04 bits per heavy atom. The number of hydrogen-bond donors (Lipinski definition) is 1. The van der Waals surface area contributed by atoms with Gasteiger partial charge in [-0.05, 0) is 44.2 Å². The molecule has 2 aromatic carbocycles. The van der Waals surface area contributed by atoms with Crippen LogP contribution in [0.15, 0.2) is 58.5 Å². The Balaban J connectivity index is 2.39. The van der Waals surface area contributed by atoms with Crippen LogP contribution in [0.5, 0.6) is 0 Å². The smallest absolute Gasteiger partial charge is 0.211 e. The Morgan fingerprint density at radius 3 is 2.21 bits per heavy atom. The SMILES string of the molecule is CC(=O)C(=CNc1ccc(Cl)c(Cl)c1)S(=O)(=O)c1ccc(C)cc1. The fourth-order valence-electron chi connectivity index (χ4n) is 1.95. The van der Waals surface area contributed by atoms with Crippen molar-refractivity contribution < 1.29 is 13.2 Å². The van der Waals surface area contributed by atoms with Gasteiger partial charge in [0.25, 0.3) is 0 Å². The number of halogens is 2. The quantitative estimate of drug-likeness (QED) is 0.765. The summed E-state index contributed by atoms with van der Waals surface area (Å²) in [5.74, 6) is -0.567. The summed E-state index contributed by atoms with van der Waals surface area (Å²) < 4.78 is 25.3. The van der Waals surface area contributed by atoms with Gasteiger partial charge in [-0.1, -0.05) is 40.9 Å². The Labute approximate surface area is 151 Å². The number of aryl methyl sites for hydroxylation is 1. The molecule has 126 valence electrons. The lowest BCUT2D eigenvalue weighted by atomic mass is 10.2. The van der Waals surface area contributed by atoms with E-state index in [4.69, 9.17) is 23.2 Å². The van der Waals surface area contributed by atoms with E-state index in [9.17, 15) is 13.2 Å². The van der Waals surface area contributed by atoms with Crippen molar-refractivity contribution in [1.29, 1.82) is 0 Å². The maximum atomic E-state index is 12.7. The minimum Gasteiger partial charge on any atom is -0.360 e. The molecule has 0 aliphatic heterocycles. The first-order chi connectivity index (χ1) is 11.2. The predicted molar refractivity (Wildman–Crippen MR) is 97.2 cm³/mol. The number of Topliss-reactive ketones (excluding diaryl/α,β-unsaturated/α-hetero) is 1. The molecule has 0 heterocycles. The van der Waals surface area contributed by atoms with Crippen LogP contribution in [-0.2, 0) is 14.6 Å². The van der Waals surface area contributed by atoms with E-state index in [1.165, 1.54) is 25.1 Å². The van der Waals surface area contributed by atoms with Crippen LogP contribution in [0.3, 0.4) is 0 Å². The van der Waals surface area contributed by atoms with Gasteiger partial charge in [0.15, 0.2) is 5.78 Å². The number of sulfone groups is 1. The van der Waals surface area contributed by atoms with Crippen molar-refractivity contribution in [3.63, 3.8) is 0 Å². The van der Waals surface area contributed by atoms with Crippen molar-refractivity contribution >= 4 is 44.5 Å². The van der Waals surface area contributed by atoms with Gasteiger partial charge in [-0.25, -0.2) is 8.42 Å². The number of benzene rings is 2. The Hall–Kier alpha value is -1.82. The third kappa shape index (κ3) is 4.17. The topological polar surface area (TPSA) is 63.2 Å². The lowest BCUT2D eigenvalue weighted by Gasteiger charge is -2.09. The second kappa shape index (κ2) is 7.38. The van der Waals surface area contributed by atoms with Crippen LogP contribution in [0.25, 0.3) is 0 Å². The summed E-state index contributed by atoms with van der Waals surface area (Å²) in [7, 11) is -3.92. The van der Waals surface area contributed by atoms with Gasteiger partial charge in [-0.2, -0.15) is 0 Å². The van der Waals surface area contributed by atoms with Gasteiger partial charge in [0.2, 0.25) is 9.84 Å². The van der Waals surface area contributed by atoms with Crippen LogP contribution in [-0.4, -0.2) is 14.2 Å². The van der Waals surface area contributed by atoms with Crippen LogP contribution in [0.4, 0.5) is 5.69 Å². The largest absolute Gasteiger partial charge is 0.360 e. The van der Waals surface area contributed by atoms with E-state index < -0.39 is 15.6 Å². The van der Waals surface area contributed by atoms with E-state index in [1.54, 1.807) is 24.3 Å². The summed E-state index contributed by atoms with van der Waals surface area (Å²) in [6.07, 6.45) is 1.16. The van der Waals surface area contributed by atoms with Crippen LogP contribution in [0.2, 0.25) is 10.0 Å². The molecule has 0 radical (unpaired) electrons. The molecule has 1 N–H and O–H groups in total. The van der Waals surface area contributed by atoms with Crippen molar-refractivity contribution in [3.8, 4) is 0 Å². The number of nitrogens with one attached hydrogen (secondary N) is 1. The van der Waals surface area contributed by atoms with Crippen molar-refractivity contribution in [1.82, 2.24) is 0 Å². The molecule has 4 nitrogen and oxygen atoms in total. The molecular weight excluding hydrogens is 369 g/mol. The van der Waals surface area contributed by atoms with E-state index in [0.29, 0.717) is 15.7 Å². The van der Waals surface area contributed by atoms with Crippen LogP contribution in [0, 0.1) is 6.92 Å². The number of rotatable bonds is 5. The molecule has 0 atom stereocenters. The van der Waals surface area contributed by atoms with Gasteiger partial charge < -0.3 is 5.32 Å². The van der Waals surface area contributed by atoms with E-state index in [1.807, 2.05) is 6.92 Å². The maximum absolute atomic E-state index is 12.7. The van der Waals surface area contributed by atoms with Crippen LogP contribution < -0.4 is 5.32 Å². The number of carbonyl (C=O) groups is 1. The first-order valence-electron chi connectivity index (χ1n) is 6.96. The molecule has 0 unspecified atom stereocenters. The fourth-order valence-corrected chi connectivity index (χ4v) is 3.59. The highest BCUT2D eigenvalue weighted by atomic mass is 35.5. The summed E-state index contributed by atoms with van der Waals surface area (Å²) in [6.45, 7) is 3.05. The second-order valence-corrected chi connectivity index (χ2v) is 7.89. The molecular formula is C17H15Cl2NO3S. The molecule has 0 aliphatic rings. The molecule has 2 rings (SSSR count). The number of carbonyl (C=O) groups excluding carboxylic acids is 1. The summed E-state index contributed by atoms with van der Waals surface area (Å²) >= 11 is 11.7. The van der Waals surface area contributed by atoms with Crippen molar-refractivity contribution in [2.75, 3.05) is 5.32 Å². The van der Waals surface area contributed by atoms with Gasteiger partial charge in [0.1, 0.15) is 4.91 Å². The normalized spacial score (nSPS) is 12.1. The van der Waals surface area contributed by atoms with Crippen molar-refractivity contribution in [3.05, 3.63) is 69.2 Å². The summed E-state index contributed by atoms with van der Waals surface area (Å²) in [5.41, 5.74) is 1.44. The third-order valence-electron chi connectivity index (χ3n) is 3.26. The van der Waals surface area contributed by atoms with Crippen molar-refractivity contribution in [2.45, 2.75) is 18.7 Å². The minimum absolute atomic E-state index is 0.0606. The highest BCUT2D eigenvalue weighted by molar-refractivity contribution is 7.96. The van der Waals surface area contributed by atoms with Gasteiger partial charge in [-0.3, -0.25) is 4.79 Å². The van der Waals surface area contributed by atoms with Crippen LogP contribution >= 0.6 is 23.2 Å². The van der Waals surface area contributed by atoms with Gasteiger partial charge >= 0.3 is 0 Å². The van der Waals surface area contributed by atoms with E-state index in [-0.39, 0.29) is 9.80 Å². The second-order valence-electron chi connectivity index (χ2n) is 5.15. The zero-order valence-electron chi connectivity index (χ0n) is 13.0. The van der Waals surface area contributed by atoms with Crippen molar-refractivity contribution in [2.24, 2.45) is 0 Å². The molecule has 24 heavy (non-hydrogen) atoms. The lowest BCUT2D eigenvalue weighted by molar-refractivity contribution is -0.113. The van der Waals surface area contributed by atoms with E-state index in [2.05, 4.69) is 5.32 Å². The average molecular weight is 384 g/mol. The first kappa shape index (κ1) is 18.5. The molecule has 0 aliphatic carbocycles. The number of anilines is 1. The Bertz CT molecular complexity index is 904. The molecule has 0 spiro atoms. The monoisotopic (exact) mass is 383 g/mol. The molecule has 0 bridgehead atoms. The molecule has 0 amide bonds. The first-order valence-corrected chi connectivity index (χ1v) is 9.20. The minimum atomic E-state index is -3.92. The Kier molecular flexibility index (Phi) is 5.70. The Morgan fingerprint density at radius 2 is 1.67 bits per heavy atom. The molecule has 0 saturated heterocycles. The lowest BCUT2D eigenvalue weighted by Crippen LogP contribution is -2.13. The number of hydrogen-bond acceptors (Lipinski definition) is 4. The van der Waals surface area contributed by atoms with Gasteiger partial charge in [0, 0.05) is 11.9 Å².